The number of carbonyl (C=O) groups excluding carboxylic acids is 1. The molecule has 2 N–H and O–H groups in total. The number of nitrogens with zero attached hydrogens (tertiary/aromatic N) is 2. The van der Waals surface area contributed by atoms with Gasteiger partial charge in [0.2, 0.25) is 5.88 Å². The Balaban J connectivity index is 2.15. The molecule has 1 aromatic heterocycles. The molecular weight excluding hydrogens is 278 g/mol. The van der Waals surface area contributed by atoms with Crippen LogP contribution in [0.25, 0.3) is 11.3 Å². The normalized spacial score (nSPS) is 12.5. The minimum atomic E-state index is -0.590. The minimum Gasteiger partial charge on any atom is -0.467 e. The van der Waals surface area contributed by atoms with Gasteiger partial charge in [0, 0.05) is 5.56 Å². The SMILES string of the molecule is N#Cc1c(OCC(N)=O)nc(-c2ccccc2)c2c1CCC2. The van der Waals surface area contributed by atoms with Crippen molar-refractivity contribution in [2.75, 3.05) is 6.61 Å². The zero-order chi connectivity index (χ0) is 15.5. The van der Waals surface area contributed by atoms with Crippen LogP contribution in [0.1, 0.15) is 23.1 Å². The summed E-state index contributed by atoms with van der Waals surface area (Å²) in [4.78, 5) is 15.5. The summed E-state index contributed by atoms with van der Waals surface area (Å²) in [6.07, 6.45) is 2.72. The third-order valence-corrected chi connectivity index (χ3v) is 3.74. The fraction of sp³-hybridized carbons (Fsp3) is 0.235. The molecule has 110 valence electrons. The maximum absolute atomic E-state index is 10.9. The Bertz CT molecular complexity index is 764. The molecule has 1 aliphatic carbocycles. The van der Waals surface area contributed by atoms with E-state index in [1.165, 1.54) is 0 Å². The van der Waals surface area contributed by atoms with Crippen molar-refractivity contribution >= 4 is 5.91 Å². The van der Waals surface area contributed by atoms with Crippen LogP contribution in [0.4, 0.5) is 0 Å². The predicted molar refractivity (Wildman–Crippen MR) is 81.1 cm³/mol. The van der Waals surface area contributed by atoms with Crippen LogP contribution in [0.15, 0.2) is 30.3 Å². The summed E-state index contributed by atoms with van der Waals surface area (Å²) >= 11 is 0. The van der Waals surface area contributed by atoms with Crippen molar-refractivity contribution in [1.82, 2.24) is 4.98 Å². The van der Waals surface area contributed by atoms with Gasteiger partial charge in [0.1, 0.15) is 11.6 Å². The molecule has 2 aromatic rings. The van der Waals surface area contributed by atoms with Gasteiger partial charge in [0.05, 0.1) is 5.69 Å². The van der Waals surface area contributed by atoms with Crippen LogP contribution < -0.4 is 10.5 Å². The summed E-state index contributed by atoms with van der Waals surface area (Å²) in [6, 6.07) is 11.9. The van der Waals surface area contributed by atoms with Crippen LogP contribution in [0.3, 0.4) is 0 Å². The summed E-state index contributed by atoms with van der Waals surface area (Å²) in [5.41, 5.74) is 9.44. The van der Waals surface area contributed by atoms with Gasteiger partial charge in [-0.3, -0.25) is 4.79 Å². The molecule has 0 fully saturated rings. The van der Waals surface area contributed by atoms with Crippen molar-refractivity contribution in [2.45, 2.75) is 19.3 Å². The average molecular weight is 293 g/mol. The lowest BCUT2D eigenvalue weighted by atomic mass is 9.99. The lowest BCUT2D eigenvalue weighted by molar-refractivity contribution is -0.120. The highest BCUT2D eigenvalue weighted by Crippen LogP contribution is 2.36. The number of rotatable bonds is 4. The summed E-state index contributed by atoms with van der Waals surface area (Å²) < 4.78 is 5.37. The number of carbonyl (C=O) groups is 1. The molecule has 0 saturated heterocycles. The van der Waals surface area contributed by atoms with Crippen molar-refractivity contribution in [2.24, 2.45) is 5.73 Å². The van der Waals surface area contributed by atoms with E-state index >= 15 is 0 Å². The first-order chi connectivity index (χ1) is 10.7. The molecule has 1 aliphatic rings. The Labute approximate surface area is 128 Å². The van der Waals surface area contributed by atoms with E-state index in [1.807, 2.05) is 30.3 Å². The molecule has 1 aromatic carbocycles. The van der Waals surface area contributed by atoms with Crippen LogP contribution in [0.5, 0.6) is 5.88 Å². The molecule has 0 saturated carbocycles. The highest BCUT2D eigenvalue weighted by molar-refractivity contribution is 5.75. The maximum atomic E-state index is 10.9. The Morgan fingerprint density at radius 3 is 2.68 bits per heavy atom. The largest absolute Gasteiger partial charge is 0.467 e. The maximum Gasteiger partial charge on any atom is 0.255 e. The van der Waals surface area contributed by atoms with E-state index in [4.69, 9.17) is 10.5 Å². The number of ether oxygens (including phenoxy) is 1. The van der Waals surface area contributed by atoms with E-state index in [-0.39, 0.29) is 12.5 Å². The number of pyridine rings is 1. The Hall–Kier alpha value is -2.87. The molecule has 0 atom stereocenters. The molecular formula is C17H15N3O2. The summed E-state index contributed by atoms with van der Waals surface area (Å²) in [5.74, 6) is -0.395. The molecule has 0 aliphatic heterocycles. The summed E-state index contributed by atoms with van der Waals surface area (Å²) in [6.45, 7) is -0.283. The second kappa shape index (κ2) is 5.86. The topological polar surface area (TPSA) is 89.0 Å². The highest BCUT2D eigenvalue weighted by atomic mass is 16.5. The zero-order valence-electron chi connectivity index (χ0n) is 12.0. The first kappa shape index (κ1) is 14.1. The van der Waals surface area contributed by atoms with Gasteiger partial charge in [-0.1, -0.05) is 30.3 Å². The van der Waals surface area contributed by atoms with Gasteiger partial charge in [0.15, 0.2) is 6.61 Å². The fourth-order valence-electron chi connectivity index (χ4n) is 2.83. The Morgan fingerprint density at radius 2 is 2.00 bits per heavy atom. The average Bonchev–Trinajstić information content (AvgIpc) is 3.01. The molecule has 1 amide bonds. The van der Waals surface area contributed by atoms with Crippen molar-refractivity contribution < 1.29 is 9.53 Å². The second-order valence-corrected chi connectivity index (χ2v) is 5.18. The van der Waals surface area contributed by atoms with Gasteiger partial charge >= 0.3 is 0 Å². The van der Waals surface area contributed by atoms with Crippen molar-refractivity contribution in [3.8, 4) is 23.2 Å². The van der Waals surface area contributed by atoms with Crippen LogP contribution in [0.2, 0.25) is 0 Å². The quantitative estimate of drug-likeness (QED) is 0.933. The van der Waals surface area contributed by atoms with Gasteiger partial charge < -0.3 is 10.5 Å². The molecule has 0 unspecified atom stereocenters. The van der Waals surface area contributed by atoms with E-state index in [0.717, 1.165) is 41.6 Å². The number of benzene rings is 1. The molecule has 1 heterocycles. The third-order valence-electron chi connectivity index (χ3n) is 3.74. The number of nitrogens with two attached hydrogens (primary N) is 1. The zero-order valence-corrected chi connectivity index (χ0v) is 12.0. The van der Waals surface area contributed by atoms with Crippen molar-refractivity contribution in [3.05, 3.63) is 47.0 Å². The van der Waals surface area contributed by atoms with Gasteiger partial charge in [-0.2, -0.15) is 5.26 Å². The summed E-state index contributed by atoms with van der Waals surface area (Å²) in [7, 11) is 0. The van der Waals surface area contributed by atoms with E-state index in [9.17, 15) is 10.1 Å². The van der Waals surface area contributed by atoms with Crippen molar-refractivity contribution in [3.63, 3.8) is 0 Å². The summed E-state index contributed by atoms with van der Waals surface area (Å²) in [5, 5.41) is 9.42. The monoisotopic (exact) mass is 293 g/mol. The highest BCUT2D eigenvalue weighted by Gasteiger charge is 2.25. The fourth-order valence-corrected chi connectivity index (χ4v) is 2.83. The number of aromatic nitrogens is 1. The third kappa shape index (κ3) is 2.51. The molecule has 3 rings (SSSR count). The second-order valence-electron chi connectivity index (χ2n) is 5.18. The Kier molecular flexibility index (Phi) is 3.75. The van der Waals surface area contributed by atoms with E-state index in [1.54, 1.807) is 0 Å². The molecule has 0 spiro atoms. The number of hydrogen-bond donors (Lipinski definition) is 1. The molecule has 22 heavy (non-hydrogen) atoms. The number of nitriles is 1. The standard InChI is InChI=1S/C17H15N3O2/c18-9-14-12-7-4-8-13(12)16(11-5-2-1-3-6-11)20-17(14)22-10-15(19)21/h1-3,5-6H,4,7-8,10H2,(H2,19,21). The molecule has 5 nitrogen and oxygen atoms in total. The van der Waals surface area contributed by atoms with Gasteiger partial charge in [-0.25, -0.2) is 4.98 Å². The van der Waals surface area contributed by atoms with Gasteiger partial charge in [-0.15, -0.1) is 0 Å². The molecule has 0 bridgehead atoms. The smallest absolute Gasteiger partial charge is 0.255 e. The lowest BCUT2D eigenvalue weighted by Gasteiger charge is -2.13. The molecule has 0 radical (unpaired) electrons. The number of fused-ring (bicyclic) bond motifs is 1. The van der Waals surface area contributed by atoms with E-state index in [0.29, 0.717) is 5.56 Å². The van der Waals surface area contributed by atoms with Crippen LogP contribution in [0, 0.1) is 11.3 Å². The van der Waals surface area contributed by atoms with E-state index < -0.39 is 5.91 Å². The van der Waals surface area contributed by atoms with Crippen molar-refractivity contribution in [1.29, 1.82) is 5.26 Å². The van der Waals surface area contributed by atoms with Gasteiger partial charge in [0.25, 0.3) is 5.91 Å². The first-order valence-electron chi connectivity index (χ1n) is 7.13. The number of primary amides is 1. The van der Waals surface area contributed by atoms with Crippen LogP contribution in [-0.4, -0.2) is 17.5 Å². The lowest BCUT2D eigenvalue weighted by Crippen LogP contribution is -2.21. The van der Waals surface area contributed by atoms with Gasteiger partial charge in [-0.05, 0) is 30.4 Å². The van der Waals surface area contributed by atoms with E-state index in [2.05, 4.69) is 11.1 Å². The predicted octanol–water partition coefficient (Wildman–Crippen LogP) is 1.97. The first-order valence-corrected chi connectivity index (χ1v) is 7.13. The Morgan fingerprint density at radius 1 is 1.27 bits per heavy atom. The van der Waals surface area contributed by atoms with Crippen LogP contribution >= 0.6 is 0 Å². The number of hydrogen-bond acceptors (Lipinski definition) is 4. The number of amides is 1. The minimum absolute atomic E-state index is 0.195. The van der Waals surface area contributed by atoms with Crippen LogP contribution in [-0.2, 0) is 17.6 Å². The molecule has 5 heteroatoms.